The van der Waals surface area contributed by atoms with E-state index in [1.165, 1.54) is 6.92 Å². The summed E-state index contributed by atoms with van der Waals surface area (Å²) in [5.74, 6) is -3.10. The molecule has 0 radical (unpaired) electrons. The third-order valence-electron chi connectivity index (χ3n) is 2.74. The van der Waals surface area contributed by atoms with Crippen LogP contribution in [0, 0.1) is 0 Å². The molecule has 0 aliphatic rings. The number of para-hydroxylation sites is 2. The van der Waals surface area contributed by atoms with Crippen LogP contribution in [0.4, 0.5) is 0 Å². The quantitative estimate of drug-likeness (QED) is 0.478. The van der Waals surface area contributed by atoms with Gasteiger partial charge in [0.15, 0.2) is 0 Å². The first kappa shape index (κ1) is 17.1. The van der Waals surface area contributed by atoms with E-state index >= 15 is 0 Å². The average molecular weight is 328 g/mol. The Morgan fingerprint density at radius 1 is 0.875 bits per heavy atom. The van der Waals surface area contributed by atoms with E-state index in [0.29, 0.717) is 17.6 Å². The summed E-state index contributed by atoms with van der Waals surface area (Å²) in [6, 6.07) is 17.3. The number of carbonyl (C=O) groups excluding carboxylic acids is 1. The number of carboxylic acids is 1. The van der Waals surface area contributed by atoms with E-state index in [0.717, 1.165) is 6.08 Å². The van der Waals surface area contributed by atoms with Gasteiger partial charge in [0.1, 0.15) is 11.5 Å². The molecule has 0 aromatic heterocycles. The van der Waals surface area contributed by atoms with Gasteiger partial charge in [0.05, 0.1) is 6.92 Å². The third kappa shape index (κ3) is 5.49. The molecule has 24 heavy (non-hydrogen) atoms. The fourth-order valence-electron chi connectivity index (χ4n) is 1.82. The minimum absolute atomic E-state index is 0.422. The van der Waals surface area contributed by atoms with Crippen LogP contribution in [0.2, 0.25) is 0 Å². The van der Waals surface area contributed by atoms with E-state index in [2.05, 4.69) is 0 Å². The van der Waals surface area contributed by atoms with Crippen LogP contribution in [0.1, 0.15) is 6.92 Å². The molecule has 1 N–H and O–H groups in total. The number of aliphatic carboxylic acids is 1. The zero-order valence-corrected chi connectivity index (χ0v) is 12.9. The monoisotopic (exact) mass is 328 g/mol. The number of rotatable bonds is 7. The van der Waals surface area contributed by atoms with Gasteiger partial charge in [-0.05, 0) is 24.3 Å². The summed E-state index contributed by atoms with van der Waals surface area (Å²) in [5, 5.41) is 8.57. The maximum atomic E-state index is 11.8. The van der Waals surface area contributed by atoms with Crippen LogP contribution < -0.4 is 9.47 Å². The molecular formula is C18H16O6. The van der Waals surface area contributed by atoms with E-state index in [4.69, 9.17) is 19.3 Å². The van der Waals surface area contributed by atoms with Crippen molar-refractivity contribution in [1.82, 2.24) is 0 Å². The van der Waals surface area contributed by atoms with Crippen LogP contribution >= 0.6 is 0 Å². The highest BCUT2D eigenvalue weighted by atomic mass is 16.9. The highest BCUT2D eigenvalue weighted by molar-refractivity contribution is 5.90. The molecule has 0 spiro atoms. The van der Waals surface area contributed by atoms with Gasteiger partial charge in [-0.2, -0.15) is 0 Å². The molecule has 0 unspecified atom stereocenters. The van der Waals surface area contributed by atoms with Crippen molar-refractivity contribution in [3.63, 3.8) is 0 Å². The lowest BCUT2D eigenvalue weighted by atomic mass is 10.3. The van der Waals surface area contributed by atoms with Crippen molar-refractivity contribution in [3.8, 4) is 11.5 Å². The van der Waals surface area contributed by atoms with Gasteiger partial charge < -0.3 is 19.3 Å². The topological polar surface area (TPSA) is 82.1 Å². The highest BCUT2D eigenvalue weighted by Gasteiger charge is 2.34. The summed E-state index contributed by atoms with van der Waals surface area (Å²) in [5.41, 5.74) is 0. The highest BCUT2D eigenvalue weighted by Crippen LogP contribution is 2.24. The molecular weight excluding hydrogens is 312 g/mol. The Balaban J connectivity index is 2.19. The Labute approximate surface area is 138 Å². The standard InChI is InChI=1S/C18H16O6/c1-18(22-14-8-4-2-5-9-14,23-15-10-6-3-7-11-15)24-17(21)13-12-16(19)20/h2-13H,1H3,(H,19,20)/b13-12-. The maximum Gasteiger partial charge on any atom is 0.416 e. The second-order valence-electron chi connectivity index (χ2n) is 4.79. The SMILES string of the molecule is CC(OC(=O)/C=C\C(=O)O)(Oc1ccccc1)Oc1ccccc1. The Kier molecular flexibility index (Phi) is 5.57. The van der Waals surface area contributed by atoms with E-state index in [1.54, 1.807) is 48.5 Å². The third-order valence-corrected chi connectivity index (χ3v) is 2.74. The van der Waals surface area contributed by atoms with Crippen LogP contribution in [-0.2, 0) is 14.3 Å². The lowest BCUT2D eigenvalue weighted by Gasteiger charge is -2.29. The number of hydrogen-bond acceptors (Lipinski definition) is 5. The molecule has 124 valence electrons. The van der Waals surface area contributed by atoms with Crippen LogP contribution in [-0.4, -0.2) is 23.0 Å². The van der Waals surface area contributed by atoms with Gasteiger partial charge >= 0.3 is 17.9 Å². The van der Waals surface area contributed by atoms with Gasteiger partial charge in [0.2, 0.25) is 0 Å². The molecule has 2 aromatic rings. The molecule has 0 aliphatic heterocycles. The molecule has 2 aromatic carbocycles. The average Bonchev–Trinajstić information content (AvgIpc) is 2.54. The normalized spacial score (nSPS) is 11.0. The lowest BCUT2D eigenvalue weighted by molar-refractivity contribution is -0.271. The van der Waals surface area contributed by atoms with Gasteiger partial charge in [0, 0.05) is 12.2 Å². The molecule has 0 atom stereocenters. The van der Waals surface area contributed by atoms with Crippen LogP contribution in [0.15, 0.2) is 72.8 Å². The molecule has 0 saturated heterocycles. The molecule has 6 nitrogen and oxygen atoms in total. The second-order valence-corrected chi connectivity index (χ2v) is 4.79. The van der Waals surface area contributed by atoms with Gasteiger partial charge in [0.25, 0.3) is 0 Å². The Morgan fingerprint density at radius 3 is 1.75 bits per heavy atom. The minimum atomic E-state index is -1.78. The first-order chi connectivity index (χ1) is 11.5. The summed E-state index contributed by atoms with van der Waals surface area (Å²) in [6.07, 6.45) is 1.46. The van der Waals surface area contributed by atoms with Crippen LogP contribution in [0.3, 0.4) is 0 Å². The molecule has 6 heteroatoms. The number of ether oxygens (including phenoxy) is 3. The number of benzene rings is 2. The Morgan fingerprint density at radius 2 is 1.33 bits per heavy atom. The van der Waals surface area contributed by atoms with Crippen LogP contribution in [0.5, 0.6) is 11.5 Å². The first-order valence-corrected chi connectivity index (χ1v) is 7.09. The summed E-state index contributed by atoms with van der Waals surface area (Å²) in [7, 11) is 0. The molecule has 0 saturated carbocycles. The zero-order valence-electron chi connectivity index (χ0n) is 12.9. The van der Waals surface area contributed by atoms with Crippen molar-refractivity contribution in [1.29, 1.82) is 0 Å². The molecule has 0 bridgehead atoms. The zero-order chi connectivity index (χ0) is 17.4. The van der Waals surface area contributed by atoms with Crippen molar-refractivity contribution >= 4 is 11.9 Å². The second kappa shape index (κ2) is 7.82. The summed E-state index contributed by atoms with van der Waals surface area (Å²) in [6.45, 7) is 1.42. The summed E-state index contributed by atoms with van der Waals surface area (Å²) >= 11 is 0. The van der Waals surface area contributed by atoms with E-state index < -0.39 is 17.9 Å². The predicted molar refractivity (Wildman–Crippen MR) is 85.4 cm³/mol. The van der Waals surface area contributed by atoms with Gasteiger partial charge in [-0.1, -0.05) is 36.4 Å². The van der Waals surface area contributed by atoms with Crippen molar-refractivity contribution in [3.05, 3.63) is 72.8 Å². The smallest absolute Gasteiger partial charge is 0.416 e. The van der Waals surface area contributed by atoms with Crippen molar-refractivity contribution in [2.24, 2.45) is 0 Å². The Bertz CT molecular complexity index is 667. The molecule has 0 amide bonds. The largest absolute Gasteiger partial charge is 0.478 e. The first-order valence-electron chi connectivity index (χ1n) is 7.09. The van der Waals surface area contributed by atoms with E-state index in [9.17, 15) is 9.59 Å². The number of carbonyl (C=O) groups is 2. The van der Waals surface area contributed by atoms with Crippen molar-refractivity contribution in [2.45, 2.75) is 12.9 Å². The van der Waals surface area contributed by atoms with Gasteiger partial charge in [-0.3, -0.25) is 0 Å². The van der Waals surface area contributed by atoms with Gasteiger partial charge in [-0.25, -0.2) is 9.59 Å². The van der Waals surface area contributed by atoms with Crippen molar-refractivity contribution in [2.75, 3.05) is 0 Å². The molecule has 0 fully saturated rings. The summed E-state index contributed by atoms with van der Waals surface area (Å²) < 4.78 is 16.4. The van der Waals surface area contributed by atoms with Crippen molar-refractivity contribution < 1.29 is 28.9 Å². The number of carboxylic acid groups (broad SMARTS) is 1. The predicted octanol–water partition coefficient (Wildman–Crippen LogP) is 3.00. The summed E-state index contributed by atoms with van der Waals surface area (Å²) in [4.78, 5) is 22.3. The lowest BCUT2D eigenvalue weighted by Crippen LogP contribution is -2.43. The fraction of sp³-hybridized carbons (Fsp3) is 0.111. The maximum absolute atomic E-state index is 11.8. The van der Waals surface area contributed by atoms with E-state index in [-0.39, 0.29) is 0 Å². The van der Waals surface area contributed by atoms with Gasteiger partial charge in [-0.15, -0.1) is 0 Å². The molecule has 2 rings (SSSR count). The van der Waals surface area contributed by atoms with Crippen LogP contribution in [0.25, 0.3) is 0 Å². The minimum Gasteiger partial charge on any atom is -0.478 e. The number of hydrogen-bond donors (Lipinski definition) is 1. The molecule has 0 aliphatic carbocycles. The van der Waals surface area contributed by atoms with E-state index in [1.807, 2.05) is 12.1 Å². The fourth-order valence-corrected chi connectivity index (χ4v) is 1.82. The number of esters is 1. The Hall–Kier alpha value is -3.28. The molecule has 0 heterocycles.